The van der Waals surface area contributed by atoms with Gasteiger partial charge in [0.15, 0.2) is 10.9 Å². The van der Waals surface area contributed by atoms with E-state index in [9.17, 15) is 14.0 Å². The van der Waals surface area contributed by atoms with Gasteiger partial charge in [0.2, 0.25) is 0 Å². The second kappa shape index (κ2) is 5.24. The summed E-state index contributed by atoms with van der Waals surface area (Å²) in [6, 6.07) is 5.64. The van der Waals surface area contributed by atoms with E-state index in [2.05, 4.69) is 10.2 Å². The Labute approximate surface area is 118 Å². The lowest BCUT2D eigenvalue weighted by molar-refractivity contribution is 0.102. The summed E-state index contributed by atoms with van der Waals surface area (Å²) in [7, 11) is 0. The van der Waals surface area contributed by atoms with Gasteiger partial charge in [-0.25, -0.2) is 14.3 Å². The van der Waals surface area contributed by atoms with Crippen molar-refractivity contribution >= 4 is 17.5 Å². The summed E-state index contributed by atoms with van der Waals surface area (Å²) in [5.41, 5.74) is 0.221. The zero-order valence-electron chi connectivity index (χ0n) is 10.5. The molecule has 7 heteroatoms. The minimum atomic E-state index is -0.371. The average molecular weight is 293 g/mol. The van der Waals surface area contributed by atoms with Gasteiger partial charge >= 0.3 is 5.69 Å². The summed E-state index contributed by atoms with van der Waals surface area (Å²) in [5.74, 6) is -0.320. The highest BCUT2D eigenvalue weighted by molar-refractivity contribution is 7.99. The molecule has 1 aliphatic carbocycles. The van der Waals surface area contributed by atoms with E-state index in [-0.39, 0.29) is 29.1 Å². The van der Waals surface area contributed by atoms with Gasteiger partial charge in [-0.3, -0.25) is 9.36 Å². The fourth-order valence-electron chi connectivity index (χ4n) is 1.90. The SMILES string of the molecule is O=C(CSc1n[nH]c(=O)n1C1CC1)c1ccc(F)cc1. The van der Waals surface area contributed by atoms with Gasteiger partial charge in [0, 0.05) is 11.6 Å². The number of nitrogens with one attached hydrogen (secondary N) is 1. The summed E-state index contributed by atoms with van der Waals surface area (Å²) in [5, 5.41) is 6.87. The number of thioether (sulfide) groups is 1. The zero-order valence-corrected chi connectivity index (χ0v) is 11.3. The topological polar surface area (TPSA) is 67.8 Å². The second-order valence-corrected chi connectivity index (χ2v) is 5.57. The predicted octanol–water partition coefficient (Wildman–Crippen LogP) is 2.02. The van der Waals surface area contributed by atoms with Crippen LogP contribution in [0.4, 0.5) is 4.39 Å². The van der Waals surface area contributed by atoms with Gasteiger partial charge in [0.25, 0.3) is 0 Å². The summed E-state index contributed by atoms with van der Waals surface area (Å²) in [6.07, 6.45) is 1.94. The van der Waals surface area contributed by atoms with Crippen LogP contribution in [-0.4, -0.2) is 26.3 Å². The Kier molecular flexibility index (Phi) is 3.43. The molecule has 1 heterocycles. The maximum atomic E-state index is 12.8. The van der Waals surface area contributed by atoms with Crippen LogP contribution in [0.25, 0.3) is 0 Å². The minimum absolute atomic E-state index is 0.118. The standard InChI is InChI=1S/C13H12FN3O2S/c14-9-3-1-8(2-4-9)11(18)7-20-13-16-15-12(19)17(13)10-5-6-10/h1-4,10H,5-7H2,(H,15,19). The molecule has 1 aliphatic rings. The van der Waals surface area contributed by atoms with Crippen molar-refractivity contribution in [2.24, 2.45) is 0 Å². The Bertz CT molecular complexity index is 688. The smallest absolute Gasteiger partial charge is 0.293 e. The zero-order chi connectivity index (χ0) is 14.1. The van der Waals surface area contributed by atoms with E-state index in [1.165, 1.54) is 36.0 Å². The van der Waals surface area contributed by atoms with Crippen molar-refractivity contribution in [1.82, 2.24) is 14.8 Å². The Morgan fingerprint density at radius 3 is 2.75 bits per heavy atom. The van der Waals surface area contributed by atoms with Crippen LogP contribution in [0.3, 0.4) is 0 Å². The van der Waals surface area contributed by atoms with Crippen LogP contribution >= 0.6 is 11.8 Å². The van der Waals surface area contributed by atoms with Crippen molar-refractivity contribution in [1.29, 1.82) is 0 Å². The second-order valence-electron chi connectivity index (χ2n) is 4.63. The first-order chi connectivity index (χ1) is 9.65. The van der Waals surface area contributed by atoms with Crippen LogP contribution < -0.4 is 5.69 Å². The molecule has 1 aromatic heterocycles. The Morgan fingerprint density at radius 2 is 2.10 bits per heavy atom. The predicted molar refractivity (Wildman–Crippen MR) is 72.6 cm³/mol. The van der Waals surface area contributed by atoms with Crippen LogP contribution in [0.2, 0.25) is 0 Å². The molecule has 20 heavy (non-hydrogen) atoms. The molecule has 0 spiro atoms. The molecule has 5 nitrogen and oxygen atoms in total. The largest absolute Gasteiger partial charge is 0.344 e. The van der Waals surface area contributed by atoms with Gasteiger partial charge in [-0.05, 0) is 37.1 Å². The first-order valence-electron chi connectivity index (χ1n) is 6.23. The van der Waals surface area contributed by atoms with Crippen LogP contribution in [0.5, 0.6) is 0 Å². The number of Topliss-reactive ketones (excluding diaryl/α,β-unsaturated/α-hetero) is 1. The molecule has 0 radical (unpaired) electrons. The number of halogens is 1. The Hall–Kier alpha value is -1.89. The normalized spacial score (nSPS) is 14.4. The van der Waals surface area contributed by atoms with E-state index >= 15 is 0 Å². The van der Waals surface area contributed by atoms with E-state index in [1.807, 2.05) is 0 Å². The maximum Gasteiger partial charge on any atom is 0.344 e. The molecule has 2 aromatic rings. The first-order valence-corrected chi connectivity index (χ1v) is 7.22. The first kappa shape index (κ1) is 13.1. The number of rotatable bonds is 5. The molecule has 1 fully saturated rings. The molecule has 0 amide bonds. The molecule has 0 unspecified atom stereocenters. The number of ketones is 1. The molecule has 1 N–H and O–H groups in total. The number of H-pyrrole nitrogens is 1. The van der Waals surface area contributed by atoms with Gasteiger partial charge in [-0.1, -0.05) is 11.8 Å². The lowest BCUT2D eigenvalue weighted by atomic mass is 10.1. The molecule has 0 saturated heterocycles. The number of aromatic amines is 1. The molecule has 0 atom stereocenters. The van der Waals surface area contributed by atoms with Gasteiger partial charge < -0.3 is 0 Å². The van der Waals surface area contributed by atoms with Crippen molar-refractivity contribution in [2.45, 2.75) is 24.0 Å². The number of nitrogens with zero attached hydrogens (tertiary/aromatic N) is 2. The fraction of sp³-hybridized carbons (Fsp3) is 0.308. The van der Waals surface area contributed by atoms with Crippen LogP contribution in [0, 0.1) is 5.82 Å². The Balaban J connectivity index is 1.69. The highest BCUT2D eigenvalue weighted by Gasteiger charge is 2.28. The quantitative estimate of drug-likeness (QED) is 0.676. The highest BCUT2D eigenvalue weighted by atomic mass is 32.2. The van der Waals surface area contributed by atoms with Crippen LogP contribution in [0.15, 0.2) is 34.2 Å². The molecular formula is C13H12FN3O2S. The number of hydrogen-bond acceptors (Lipinski definition) is 4. The van der Waals surface area contributed by atoms with Crippen molar-refractivity contribution < 1.29 is 9.18 Å². The molecular weight excluding hydrogens is 281 g/mol. The third kappa shape index (κ3) is 2.67. The lowest BCUT2D eigenvalue weighted by Gasteiger charge is -2.03. The van der Waals surface area contributed by atoms with E-state index in [0.717, 1.165) is 12.8 Å². The summed E-state index contributed by atoms with van der Waals surface area (Å²) < 4.78 is 14.4. The number of carbonyl (C=O) groups is 1. The minimum Gasteiger partial charge on any atom is -0.293 e. The average Bonchev–Trinajstić information content (AvgIpc) is 3.21. The third-order valence-corrected chi connectivity index (χ3v) is 4.04. The lowest BCUT2D eigenvalue weighted by Crippen LogP contribution is -2.16. The summed E-state index contributed by atoms with van der Waals surface area (Å²) in [6.45, 7) is 0. The summed E-state index contributed by atoms with van der Waals surface area (Å²) in [4.78, 5) is 23.5. The molecule has 0 bridgehead atoms. The van der Waals surface area contributed by atoms with E-state index in [0.29, 0.717) is 10.7 Å². The van der Waals surface area contributed by atoms with E-state index < -0.39 is 0 Å². The number of benzene rings is 1. The molecule has 0 aliphatic heterocycles. The molecule has 104 valence electrons. The maximum absolute atomic E-state index is 12.8. The van der Waals surface area contributed by atoms with E-state index in [4.69, 9.17) is 0 Å². The molecule has 1 saturated carbocycles. The third-order valence-electron chi connectivity index (χ3n) is 3.08. The van der Waals surface area contributed by atoms with Gasteiger partial charge in [-0.2, -0.15) is 0 Å². The van der Waals surface area contributed by atoms with Crippen molar-refractivity contribution in [3.63, 3.8) is 0 Å². The van der Waals surface area contributed by atoms with Crippen molar-refractivity contribution in [3.05, 3.63) is 46.1 Å². The van der Waals surface area contributed by atoms with Gasteiger partial charge in [-0.15, -0.1) is 5.10 Å². The van der Waals surface area contributed by atoms with E-state index in [1.54, 1.807) is 4.57 Å². The highest BCUT2D eigenvalue weighted by Crippen LogP contribution is 2.36. The summed E-state index contributed by atoms with van der Waals surface area (Å²) >= 11 is 1.22. The van der Waals surface area contributed by atoms with Crippen molar-refractivity contribution in [3.8, 4) is 0 Å². The molecule has 3 rings (SSSR count). The number of hydrogen-bond donors (Lipinski definition) is 1. The molecule has 1 aromatic carbocycles. The number of carbonyl (C=O) groups excluding carboxylic acids is 1. The van der Waals surface area contributed by atoms with Gasteiger partial charge in [0.1, 0.15) is 5.82 Å². The number of aromatic nitrogens is 3. The fourth-order valence-corrected chi connectivity index (χ4v) is 2.80. The van der Waals surface area contributed by atoms with Gasteiger partial charge in [0.05, 0.1) is 5.75 Å². The van der Waals surface area contributed by atoms with Crippen LogP contribution in [0.1, 0.15) is 29.2 Å². The van der Waals surface area contributed by atoms with Crippen molar-refractivity contribution in [2.75, 3.05) is 5.75 Å². The monoisotopic (exact) mass is 293 g/mol. The Morgan fingerprint density at radius 1 is 1.40 bits per heavy atom. The van der Waals surface area contributed by atoms with Crippen LogP contribution in [-0.2, 0) is 0 Å².